The molecule has 2 heteroatoms. The van der Waals surface area contributed by atoms with Crippen LogP contribution < -0.4 is 0 Å². The summed E-state index contributed by atoms with van der Waals surface area (Å²) in [7, 11) is 0. The van der Waals surface area contributed by atoms with Crippen molar-refractivity contribution < 1.29 is 0 Å². The van der Waals surface area contributed by atoms with Crippen molar-refractivity contribution in [3.63, 3.8) is 0 Å². The average Bonchev–Trinajstić information content (AvgIpc) is 2.80. The van der Waals surface area contributed by atoms with Gasteiger partial charge in [-0.25, -0.2) is 0 Å². The number of unbranched alkanes of at least 4 members (excludes halogenated alkanes) is 14. The summed E-state index contributed by atoms with van der Waals surface area (Å²) in [5, 5.41) is 9.77. The van der Waals surface area contributed by atoms with Gasteiger partial charge in [-0.05, 0) is 38.5 Å². The number of azo groups is 1. The molecule has 0 aliphatic carbocycles. The fourth-order valence-corrected chi connectivity index (χ4v) is 4.60. The van der Waals surface area contributed by atoms with Crippen molar-refractivity contribution in [1.82, 2.24) is 0 Å². The number of hydrogen-bond donors (Lipinski definition) is 0. The van der Waals surface area contributed by atoms with Crippen molar-refractivity contribution in [3.05, 3.63) is 24.3 Å². The summed E-state index contributed by atoms with van der Waals surface area (Å²) in [6.07, 6.45) is 38.5. The summed E-state index contributed by atoms with van der Waals surface area (Å²) in [5.41, 5.74) is 0. The lowest BCUT2D eigenvalue weighted by molar-refractivity contribution is 0.480. The molecule has 1 aliphatic heterocycles. The highest BCUT2D eigenvalue weighted by Crippen LogP contribution is 2.19. The number of allylic oxidation sites excluding steroid dienone is 2. The Morgan fingerprint density at radius 3 is 1.19 bits per heavy atom. The third-order valence-corrected chi connectivity index (χ3v) is 6.82. The van der Waals surface area contributed by atoms with Crippen LogP contribution in [0, 0.1) is 0 Å². The lowest BCUT2D eigenvalue weighted by Crippen LogP contribution is -2.07. The maximum atomic E-state index is 4.89. The molecule has 0 aromatic rings. The fraction of sp³-hybridized carbons (Fsp3) is 0.867. The Balaban J connectivity index is 2.33. The van der Waals surface area contributed by atoms with Gasteiger partial charge >= 0.3 is 0 Å². The average molecular weight is 445 g/mol. The zero-order valence-electron chi connectivity index (χ0n) is 21.9. The largest absolute Gasteiger partial charge is 0.190 e. The first-order valence-electron chi connectivity index (χ1n) is 14.6. The Labute approximate surface area is 201 Å². The molecule has 0 saturated heterocycles. The molecule has 0 saturated carbocycles. The standard InChI is InChI=1S/C30H56N2/c1-3-5-7-9-11-13-17-21-25-29-27-23-19-15-16-20-24-28-30(32-31-29)26-22-18-14-12-10-8-6-4-2/h19-20,23-24,29-30H,3-18,21-22,25-28H2,1-2H3/b23-19-,24-20-,32-31?. The molecule has 0 aromatic heterocycles. The van der Waals surface area contributed by atoms with Crippen LogP contribution in [0.2, 0.25) is 0 Å². The van der Waals surface area contributed by atoms with Gasteiger partial charge in [0.1, 0.15) is 0 Å². The van der Waals surface area contributed by atoms with E-state index < -0.39 is 0 Å². The summed E-state index contributed by atoms with van der Waals surface area (Å²) in [4.78, 5) is 0. The van der Waals surface area contributed by atoms with Gasteiger partial charge in [0.2, 0.25) is 0 Å². The van der Waals surface area contributed by atoms with E-state index >= 15 is 0 Å². The Morgan fingerprint density at radius 1 is 0.469 bits per heavy atom. The molecule has 32 heavy (non-hydrogen) atoms. The Kier molecular flexibility index (Phi) is 21.1. The van der Waals surface area contributed by atoms with E-state index in [1.165, 1.54) is 128 Å². The second-order valence-electron chi connectivity index (χ2n) is 10.1. The van der Waals surface area contributed by atoms with Crippen LogP contribution in [-0.4, -0.2) is 12.1 Å². The van der Waals surface area contributed by atoms with E-state index in [4.69, 9.17) is 10.2 Å². The quantitative estimate of drug-likeness (QED) is 0.148. The van der Waals surface area contributed by atoms with Crippen molar-refractivity contribution in [2.75, 3.05) is 0 Å². The van der Waals surface area contributed by atoms with Gasteiger partial charge in [-0.1, -0.05) is 141 Å². The molecule has 0 fully saturated rings. The predicted octanol–water partition coefficient (Wildman–Crippen LogP) is 10.9. The minimum Gasteiger partial charge on any atom is -0.190 e. The molecule has 1 rings (SSSR count). The summed E-state index contributed by atoms with van der Waals surface area (Å²) < 4.78 is 0. The molecule has 2 nitrogen and oxygen atoms in total. The monoisotopic (exact) mass is 444 g/mol. The van der Waals surface area contributed by atoms with Gasteiger partial charge in [0.15, 0.2) is 0 Å². The van der Waals surface area contributed by atoms with Crippen molar-refractivity contribution >= 4 is 0 Å². The third kappa shape index (κ3) is 18.6. The molecule has 0 radical (unpaired) electrons. The Morgan fingerprint density at radius 2 is 0.812 bits per heavy atom. The number of hydrogen-bond acceptors (Lipinski definition) is 2. The van der Waals surface area contributed by atoms with Crippen LogP contribution in [0.15, 0.2) is 34.5 Å². The van der Waals surface area contributed by atoms with Crippen LogP contribution >= 0.6 is 0 Å². The molecular formula is C30H56N2. The van der Waals surface area contributed by atoms with Gasteiger partial charge in [0, 0.05) is 0 Å². The van der Waals surface area contributed by atoms with E-state index in [-0.39, 0.29) is 0 Å². The molecule has 2 atom stereocenters. The third-order valence-electron chi connectivity index (χ3n) is 6.82. The minimum atomic E-state index is 0.399. The molecule has 0 spiro atoms. The summed E-state index contributed by atoms with van der Waals surface area (Å²) in [6, 6.07) is 0.798. The summed E-state index contributed by atoms with van der Waals surface area (Å²) in [5.74, 6) is 0. The highest BCUT2D eigenvalue weighted by atomic mass is 15.1. The first-order chi connectivity index (χ1) is 15.9. The van der Waals surface area contributed by atoms with E-state index in [9.17, 15) is 0 Å². The van der Waals surface area contributed by atoms with Gasteiger partial charge < -0.3 is 0 Å². The van der Waals surface area contributed by atoms with Crippen LogP contribution in [0.5, 0.6) is 0 Å². The predicted molar refractivity (Wildman–Crippen MR) is 144 cm³/mol. The maximum absolute atomic E-state index is 4.89. The summed E-state index contributed by atoms with van der Waals surface area (Å²) >= 11 is 0. The van der Waals surface area contributed by atoms with E-state index in [2.05, 4.69) is 38.2 Å². The molecule has 0 aromatic carbocycles. The zero-order chi connectivity index (χ0) is 23.0. The Hall–Kier alpha value is -0.920. The van der Waals surface area contributed by atoms with Crippen molar-refractivity contribution in [1.29, 1.82) is 0 Å². The van der Waals surface area contributed by atoms with Gasteiger partial charge in [-0.3, -0.25) is 0 Å². The van der Waals surface area contributed by atoms with E-state index in [1.54, 1.807) is 0 Å². The molecular weight excluding hydrogens is 388 g/mol. The molecule has 0 bridgehead atoms. The van der Waals surface area contributed by atoms with Crippen LogP contribution in [0.1, 0.15) is 155 Å². The Bertz CT molecular complexity index is 423. The fourth-order valence-electron chi connectivity index (χ4n) is 4.60. The van der Waals surface area contributed by atoms with Gasteiger partial charge in [-0.2, -0.15) is 10.2 Å². The van der Waals surface area contributed by atoms with Crippen LogP contribution in [0.3, 0.4) is 0 Å². The normalized spacial score (nSPS) is 21.7. The molecule has 0 N–H and O–H groups in total. The molecule has 2 unspecified atom stereocenters. The molecule has 0 amide bonds. The van der Waals surface area contributed by atoms with E-state index in [0.717, 1.165) is 12.8 Å². The second kappa shape index (κ2) is 23.2. The first kappa shape index (κ1) is 29.1. The number of rotatable bonds is 18. The minimum absolute atomic E-state index is 0.399. The van der Waals surface area contributed by atoms with E-state index in [0.29, 0.717) is 12.1 Å². The van der Waals surface area contributed by atoms with Gasteiger partial charge in [0.05, 0.1) is 12.1 Å². The maximum Gasteiger partial charge on any atom is 0.0742 e. The highest BCUT2D eigenvalue weighted by molar-refractivity contribution is 4.92. The van der Waals surface area contributed by atoms with Gasteiger partial charge in [-0.15, -0.1) is 0 Å². The zero-order valence-corrected chi connectivity index (χ0v) is 21.9. The molecule has 1 heterocycles. The lowest BCUT2D eigenvalue weighted by Gasteiger charge is -2.13. The summed E-state index contributed by atoms with van der Waals surface area (Å²) in [6.45, 7) is 4.59. The number of nitrogens with zero attached hydrogens (tertiary/aromatic N) is 2. The topological polar surface area (TPSA) is 24.7 Å². The van der Waals surface area contributed by atoms with Crippen LogP contribution in [-0.2, 0) is 0 Å². The second-order valence-corrected chi connectivity index (χ2v) is 10.1. The smallest absolute Gasteiger partial charge is 0.0742 e. The van der Waals surface area contributed by atoms with Crippen LogP contribution in [0.4, 0.5) is 0 Å². The highest BCUT2D eigenvalue weighted by Gasteiger charge is 2.10. The SMILES string of the molecule is CCCCCCCCCCC1C/C=C\CC/C=C\CC(CCCCCCCCCC)N=N1. The van der Waals surface area contributed by atoms with Crippen molar-refractivity contribution in [3.8, 4) is 0 Å². The van der Waals surface area contributed by atoms with Crippen LogP contribution in [0.25, 0.3) is 0 Å². The molecule has 1 aliphatic rings. The first-order valence-corrected chi connectivity index (χ1v) is 14.6. The lowest BCUT2D eigenvalue weighted by atomic mass is 10.0. The van der Waals surface area contributed by atoms with Crippen molar-refractivity contribution in [2.24, 2.45) is 10.2 Å². The molecule has 186 valence electrons. The van der Waals surface area contributed by atoms with Gasteiger partial charge in [0.25, 0.3) is 0 Å². The van der Waals surface area contributed by atoms with Crippen molar-refractivity contribution in [2.45, 2.75) is 167 Å². The van der Waals surface area contributed by atoms with E-state index in [1.807, 2.05) is 0 Å².